The van der Waals surface area contributed by atoms with Crippen molar-refractivity contribution in [3.8, 4) is 0 Å². The molecule has 34 atom stereocenters. The average molecular weight is 1390 g/mol. The Morgan fingerprint density at radius 2 is 1.13 bits per heavy atom. The highest BCUT2D eigenvalue weighted by atomic mass is 16.8. The van der Waals surface area contributed by atoms with Crippen molar-refractivity contribution in [1.82, 2.24) is 0 Å². The predicted molar refractivity (Wildman–Crippen MR) is 331 cm³/mol. The third kappa shape index (κ3) is 13.6. The molecule has 0 spiro atoms. The highest BCUT2D eigenvalue weighted by Gasteiger charge is 2.81. The zero-order chi connectivity index (χ0) is 70.0. The first kappa shape index (κ1) is 75.2. The molecular formula is C68H104O29. The zero-order valence-electron chi connectivity index (χ0n) is 57.1. The molecule has 10 N–H and O–H groups in total. The number of Topliss-reactive ketones (excluding diaryl/α,β-unsaturated/α-hetero) is 1. The van der Waals surface area contributed by atoms with E-state index in [9.17, 15) is 60.7 Å². The maximum absolute atomic E-state index is 13.9. The Balaban J connectivity index is 0.796. The summed E-state index contributed by atoms with van der Waals surface area (Å²) in [5, 5.41) is 116. The quantitative estimate of drug-likeness (QED) is 0.0578. The van der Waals surface area contributed by atoms with E-state index >= 15 is 0 Å². The molecule has 1 aromatic carbocycles. The monoisotopic (exact) mass is 1380 g/mol. The summed E-state index contributed by atoms with van der Waals surface area (Å²) in [4.78, 5) is 27.4. The molecule has 0 bridgehead atoms. The Morgan fingerprint density at radius 1 is 0.557 bits per heavy atom. The van der Waals surface area contributed by atoms with E-state index < -0.39 is 230 Å². The summed E-state index contributed by atoms with van der Waals surface area (Å²) in [5.74, 6) is -2.13. The van der Waals surface area contributed by atoms with Gasteiger partial charge in [0.15, 0.2) is 37.2 Å². The highest BCUT2D eigenvalue weighted by Crippen LogP contribution is 2.71. The standard InChI is InChI=1S/C68H104O29/c1-31-50(72)39(81-8)24-47(86-31)94-55-33(3)87-48(25-40(55)82-9)95-56-34(4)88-49(26-41(56)83-10)96-57-32(2)85-30-44(58(57)84-11)90-60-54(76)63(92-43(29-70)59(60)97-62-53(75)52(74)51(73)42(28-69)91-62)89-38-18-19-64(6)37(23-38)17-20-67(79)45(64)27-46(93-61(77)36-15-13-12-14-16-36)65(7)66(78,35(5)71)21-22-68(65,67)80/h12-17,31-34,38-60,62-63,69-70,72-76,78-80H,18-30H2,1-11H3/t31?,32?,33?,34?,38-,39?,40?,41?,42?,43?,44?,45?,46?,47?,48?,49?,50?,51?,52?,53?,54?,55?,56?,57?,58?,59?,60?,62?,63?,64-,65+,66+,67-,68+/m0/s1. The van der Waals surface area contributed by atoms with Gasteiger partial charge in [0.2, 0.25) is 0 Å². The summed E-state index contributed by atoms with van der Waals surface area (Å²) in [5.41, 5.74) is -7.85. The van der Waals surface area contributed by atoms with E-state index in [2.05, 4.69) is 0 Å². The maximum Gasteiger partial charge on any atom is 0.338 e. The largest absolute Gasteiger partial charge is 0.458 e. The number of aliphatic hydroxyl groups is 10. The van der Waals surface area contributed by atoms with Crippen LogP contribution in [-0.4, -0.2) is 300 Å². The van der Waals surface area contributed by atoms with Crippen molar-refractivity contribution in [1.29, 1.82) is 0 Å². The van der Waals surface area contributed by atoms with Gasteiger partial charge >= 0.3 is 5.97 Å². The van der Waals surface area contributed by atoms with Gasteiger partial charge in [0.1, 0.15) is 108 Å². The molecule has 29 heteroatoms. The van der Waals surface area contributed by atoms with Crippen LogP contribution >= 0.6 is 0 Å². The van der Waals surface area contributed by atoms with E-state index in [0.29, 0.717) is 12.8 Å². The number of rotatable bonds is 21. The fourth-order valence-electron chi connectivity index (χ4n) is 17.8. The Hall–Kier alpha value is -2.94. The number of carbonyl (C=O) groups is 2. The van der Waals surface area contributed by atoms with E-state index in [1.807, 2.05) is 26.8 Å². The SMILES string of the molecule is COC1CC(OC2C(C)OC(OC3C(C)OC(OC4C(C)OCC(OC5C(O)C(O[C@H]6CC[C@@]7(C)C(=CC[C@]8(O)C7CC(OC(=O)c7ccccc7)[C@@]7(C)[C@]8(O)CC[C@@]7(O)C(C)=O)C6)OC(CO)C5OC5OC(CO)C(O)C(O)C5O)C4OC)CC3OC)CC2OC)OC(C)C1O. The molecule has 29 nitrogen and oxygen atoms in total. The van der Waals surface area contributed by atoms with Crippen molar-refractivity contribution < 1.29 is 141 Å². The lowest BCUT2D eigenvalue weighted by Crippen LogP contribution is -2.78. The first-order chi connectivity index (χ1) is 46.1. The number of benzene rings is 1. The van der Waals surface area contributed by atoms with Gasteiger partial charge in [-0.15, -0.1) is 0 Å². The Morgan fingerprint density at radius 3 is 1.72 bits per heavy atom. The minimum atomic E-state index is -2.16. The molecule has 6 heterocycles. The van der Waals surface area contributed by atoms with Crippen molar-refractivity contribution in [2.75, 3.05) is 48.3 Å². The molecule has 9 fully saturated rings. The third-order valence-corrected chi connectivity index (χ3v) is 23.7. The summed E-state index contributed by atoms with van der Waals surface area (Å²) in [7, 11) is 6.12. The molecule has 3 saturated carbocycles. The van der Waals surface area contributed by atoms with Crippen molar-refractivity contribution in [2.24, 2.45) is 16.7 Å². The van der Waals surface area contributed by atoms with Gasteiger partial charge in [-0.2, -0.15) is 0 Å². The van der Waals surface area contributed by atoms with Crippen LogP contribution in [0.1, 0.15) is 123 Å². The van der Waals surface area contributed by atoms with E-state index in [-0.39, 0.29) is 63.5 Å². The molecule has 6 saturated heterocycles. The van der Waals surface area contributed by atoms with Gasteiger partial charge in [0, 0.05) is 53.6 Å². The second-order valence-corrected chi connectivity index (χ2v) is 28.8. The summed E-state index contributed by atoms with van der Waals surface area (Å²) in [6.07, 6.45) is -26.7. The van der Waals surface area contributed by atoms with E-state index in [4.69, 9.17) is 80.5 Å². The van der Waals surface area contributed by atoms with Crippen LogP contribution in [0.25, 0.3) is 0 Å². The minimum Gasteiger partial charge on any atom is -0.458 e. The molecule has 4 aliphatic carbocycles. The smallest absolute Gasteiger partial charge is 0.338 e. The van der Waals surface area contributed by atoms with Gasteiger partial charge in [0.25, 0.3) is 0 Å². The zero-order valence-corrected chi connectivity index (χ0v) is 57.1. The number of aliphatic hydroxyl groups excluding tert-OH is 7. The Bertz CT molecular complexity index is 2840. The fourth-order valence-corrected chi connectivity index (χ4v) is 17.8. The molecule has 28 unspecified atom stereocenters. The number of ether oxygens (including phenoxy) is 17. The second kappa shape index (κ2) is 30.0. The number of hydrogen-bond acceptors (Lipinski definition) is 29. The normalized spacial score (nSPS) is 50.2. The number of fused-ring (bicyclic) bond motifs is 5. The molecular weight excluding hydrogens is 1280 g/mol. The summed E-state index contributed by atoms with van der Waals surface area (Å²) < 4.78 is 107. The summed E-state index contributed by atoms with van der Waals surface area (Å²) in [6, 6.07) is 8.25. The third-order valence-electron chi connectivity index (χ3n) is 23.7. The van der Waals surface area contributed by atoms with Crippen LogP contribution in [0.4, 0.5) is 0 Å². The lowest BCUT2D eigenvalue weighted by Gasteiger charge is -2.67. The highest BCUT2D eigenvalue weighted by molar-refractivity contribution is 5.90. The van der Waals surface area contributed by atoms with Gasteiger partial charge in [-0.05, 0) is 104 Å². The molecule has 6 aliphatic heterocycles. The van der Waals surface area contributed by atoms with Crippen LogP contribution in [-0.2, 0) is 85.3 Å². The Labute approximate surface area is 565 Å². The fraction of sp³-hybridized carbons (Fsp3) is 0.853. The first-order valence-electron chi connectivity index (χ1n) is 34.3. The molecule has 11 rings (SSSR count). The van der Waals surface area contributed by atoms with E-state index in [1.165, 1.54) is 28.1 Å². The molecule has 1 aromatic rings. The van der Waals surface area contributed by atoms with Gasteiger partial charge in [-0.1, -0.05) is 36.8 Å². The minimum absolute atomic E-state index is 0.0273. The van der Waals surface area contributed by atoms with Crippen LogP contribution in [0, 0.1) is 16.7 Å². The number of hydrogen-bond donors (Lipinski definition) is 10. The van der Waals surface area contributed by atoms with Gasteiger partial charge in [-0.25, -0.2) is 4.79 Å². The summed E-state index contributed by atoms with van der Waals surface area (Å²) in [6.45, 7) is 10.2. The average Bonchev–Trinajstić information content (AvgIpc) is 1.58. The number of methoxy groups -OCH3 is 4. The number of esters is 1. The van der Waals surface area contributed by atoms with Crippen LogP contribution in [0.15, 0.2) is 42.0 Å². The van der Waals surface area contributed by atoms with Crippen molar-refractivity contribution in [3.05, 3.63) is 47.5 Å². The molecule has 0 aromatic heterocycles. The van der Waals surface area contributed by atoms with Crippen molar-refractivity contribution in [3.63, 3.8) is 0 Å². The molecule has 10 aliphatic rings. The van der Waals surface area contributed by atoms with Crippen LogP contribution in [0.2, 0.25) is 0 Å². The van der Waals surface area contributed by atoms with Gasteiger partial charge < -0.3 is 132 Å². The molecule has 97 heavy (non-hydrogen) atoms. The van der Waals surface area contributed by atoms with E-state index in [0.717, 1.165) is 5.57 Å². The first-order valence-corrected chi connectivity index (χ1v) is 34.3. The van der Waals surface area contributed by atoms with Crippen molar-refractivity contribution >= 4 is 11.8 Å². The summed E-state index contributed by atoms with van der Waals surface area (Å²) >= 11 is 0. The molecule has 550 valence electrons. The lowest BCUT2D eigenvalue weighted by atomic mass is 9.42. The second-order valence-electron chi connectivity index (χ2n) is 28.8. The maximum atomic E-state index is 13.9. The van der Waals surface area contributed by atoms with Crippen LogP contribution < -0.4 is 0 Å². The van der Waals surface area contributed by atoms with Gasteiger partial charge in [0.05, 0.1) is 79.6 Å². The Kier molecular flexibility index (Phi) is 23.3. The van der Waals surface area contributed by atoms with Crippen LogP contribution in [0.5, 0.6) is 0 Å². The van der Waals surface area contributed by atoms with Gasteiger partial charge in [-0.3, -0.25) is 4.79 Å². The predicted octanol–water partition coefficient (Wildman–Crippen LogP) is 0.137. The van der Waals surface area contributed by atoms with Crippen molar-refractivity contribution in [2.45, 2.75) is 301 Å². The topological polar surface area (TPSA) is 393 Å². The number of carbonyl (C=O) groups excluding carboxylic acids is 2. The number of ketones is 1. The molecule has 0 radical (unpaired) electrons. The van der Waals surface area contributed by atoms with Crippen LogP contribution in [0.3, 0.4) is 0 Å². The molecule has 0 amide bonds. The van der Waals surface area contributed by atoms with E-state index in [1.54, 1.807) is 58.4 Å². The lowest BCUT2D eigenvalue weighted by molar-refractivity contribution is -0.376.